The smallest absolute Gasteiger partial charge is 0.239 e. The van der Waals surface area contributed by atoms with Crippen LogP contribution in [-0.4, -0.2) is 11.7 Å². The molecule has 0 fully saturated rings. The zero-order chi connectivity index (χ0) is 10.4. The lowest BCUT2D eigenvalue weighted by Crippen LogP contribution is -2.23. The molecule has 1 aromatic rings. The van der Waals surface area contributed by atoms with Crippen LogP contribution >= 0.6 is 0 Å². The zero-order valence-corrected chi connectivity index (χ0v) is 8.03. The van der Waals surface area contributed by atoms with Gasteiger partial charge in [-0.1, -0.05) is 37.3 Å². The Balaban J connectivity index is 2.66. The van der Waals surface area contributed by atoms with E-state index in [9.17, 15) is 4.79 Å². The Morgan fingerprint density at radius 2 is 2.07 bits per heavy atom. The van der Waals surface area contributed by atoms with Gasteiger partial charge >= 0.3 is 0 Å². The number of rotatable bonds is 3. The number of carbonyl (C=O) groups excluding carboxylic acids is 1. The number of amides is 1. The van der Waals surface area contributed by atoms with Crippen LogP contribution in [0.25, 0.3) is 0 Å². The summed E-state index contributed by atoms with van der Waals surface area (Å²) < 4.78 is 0. The van der Waals surface area contributed by atoms with E-state index in [2.05, 4.69) is 10.5 Å². The van der Waals surface area contributed by atoms with Crippen molar-refractivity contribution in [3.8, 4) is 0 Å². The number of benzene rings is 1. The number of hydrogen-bond acceptors (Lipinski definition) is 2. The highest BCUT2D eigenvalue weighted by Gasteiger charge is 1.97. The molecule has 4 heteroatoms. The van der Waals surface area contributed by atoms with E-state index in [0.717, 1.165) is 5.56 Å². The van der Waals surface area contributed by atoms with Crippen LogP contribution < -0.4 is 11.2 Å². The molecule has 0 atom stereocenters. The highest BCUT2D eigenvalue weighted by atomic mass is 16.2. The van der Waals surface area contributed by atoms with Crippen molar-refractivity contribution < 1.29 is 4.79 Å². The Labute approximate surface area is 82.8 Å². The molecule has 0 heterocycles. The summed E-state index contributed by atoms with van der Waals surface area (Å²) in [5.41, 5.74) is 8.78. The molecule has 0 aliphatic rings. The summed E-state index contributed by atoms with van der Waals surface area (Å²) in [6.45, 7) is 1.75. The minimum atomic E-state index is -0.149. The second-order valence-corrected chi connectivity index (χ2v) is 2.75. The van der Waals surface area contributed by atoms with Crippen LogP contribution in [0.2, 0.25) is 0 Å². The van der Waals surface area contributed by atoms with Gasteiger partial charge in [-0.25, -0.2) is 5.43 Å². The third kappa shape index (κ3) is 2.90. The highest BCUT2D eigenvalue weighted by Crippen LogP contribution is 1.96. The quantitative estimate of drug-likeness (QED) is 0.422. The average Bonchev–Trinajstić information content (AvgIpc) is 2.26. The molecule has 0 saturated heterocycles. The van der Waals surface area contributed by atoms with Gasteiger partial charge in [0.05, 0.1) is 0 Å². The van der Waals surface area contributed by atoms with Gasteiger partial charge in [-0.05, 0) is 0 Å². The standard InChI is InChI=1S/C10H13N3O/c1-2-9(14)12-13-10(11)8-6-4-3-5-7-8/h3-7H,2H2,1H3,(H2,11,13)(H,12,14). The highest BCUT2D eigenvalue weighted by molar-refractivity contribution is 5.97. The van der Waals surface area contributed by atoms with Gasteiger partial charge in [0.15, 0.2) is 5.84 Å². The minimum absolute atomic E-state index is 0.149. The lowest BCUT2D eigenvalue weighted by molar-refractivity contribution is -0.120. The normalized spacial score (nSPS) is 11.1. The van der Waals surface area contributed by atoms with E-state index in [1.54, 1.807) is 6.92 Å². The van der Waals surface area contributed by atoms with Crippen molar-refractivity contribution in [3.63, 3.8) is 0 Å². The molecule has 74 valence electrons. The van der Waals surface area contributed by atoms with Gasteiger partial charge in [0.1, 0.15) is 0 Å². The Morgan fingerprint density at radius 3 is 2.64 bits per heavy atom. The molecule has 1 amide bonds. The minimum Gasteiger partial charge on any atom is -0.382 e. The van der Waals surface area contributed by atoms with E-state index < -0.39 is 0 Å². The Kier molecular flexibility index (Phi) is 3.67. The van der Waals surface area contributed by atoms with E-state index in [1.807, 2.05) is 30.3 Å². The number of carbonyl (C=O) groups is 1. The summed E-state index contributed by atoms with van der Waals surface area (Å²) in [6.07, 6.45) is 0.394. The van der Waals surface area contributed by atoms with Gasteiger partial charge in [0.25, 0.3) is 0 Å². The predicted molar refractivity (Wildman–Crippen MR) is 55.6 cm³/mol. The van der Waals surface area contributed by atoms with Gasteiger partial charge in [-0.3, -0.25) is 4.79 Å². The molecule has 0 aliphatic heterocycles. The molecule has 1 aromatic carbocycles. The van der Waals surface area contributed by atoms with E-state index in [1.165, 1.54) is 0 Å². The number of nitrogens with two attached hydrogens (primary N) is 1. The van der Waals surface area contributed by atoms with Crippen LogP contribution in [0.4, 0.5) is 0 Å². The molecule has 0 spiro atoms. The van der Waals surface area contributed by atoms with E-state index >= 15 is 0 Å². The van der Waals surface area contributed by atoms with Crippen LogP contribution in [0.1, 0.15) is 18.9 Å². The van der Waals surface area contributed by atoms with Gasteiger partial charge in [0, 0.05) is 12.0 Å². The number of hydrogen-bond donors (Lipinski definition) is 2. The monoisotopic (exact) mass is 191 g/mol. The van der Waals surface area contributed by atoms with E-state index in [4.69, 9.17) is 5.73 Å². The lowest BCUT2D eigenvalue weighted by atomic mass is 10.2. The Hall–Kier alpha value is -1.84. The third-order valence-corrected chi connectivity index (χ3v) is 1.69. The first kappa shape index (κ1) is 10.2. The average molecular weight is 191 g/mol. The second kappa shape index (κ2) is 5.01. The first-order valence-corrected chi connectivity index (χ1v) is 4.41. The molecule has 4 nitrogen and oxygen atoms in total. The molecule has 0 aromatic heterocycles. The fraction of sp³-hybridized carbons (Fsp3) is 0.200. The van der Waals surface area contributed by atoms with E-state index in [-0.39, 0.29) is 5.91 Å². The van der Waals surface area contributed by atoms with Crippen molar-refractivity contribution in [2.24, 2.45) is 10.8 Å². The van der Waals surface area contributed by atoms with E-state index in [0.29, 0.717) is 12.3 Å². The summed E-state index contributed by atoms with van der Waals surface area (Å²) in [6, 6.07) is 9.27. The van der Waals surface area contributed by atoms with Crippen molar-refractivity contribution in [2.45, 2.75) is 13.3 Å². The number of amidine groups is 1. The summed E-state index contributed by atoms with van der Waals surface area (Å²) in [7, 11) is 0. The largest absolute Gasteiger partial charge is 0.382 e. The topological polar surface area (TPSA) is 67.5 Å². The maximum atomic E-state index is 10.9. The van der Waals surface area contributed by atoms with Gasteiger partial charge in [-0.15, -0.1) is 0 Å². The number of nitrogens with one attached hydrogen (secondary N) is 1. The van der Waals surface area contributed by atoms with Crippen LogP contribution in [0.5, 0.6) is 0 Å². The summed E-state index contributed by atoms with van der Waals surface area (Å²) in [5, 5.41) is 3.76. The molecule has 0 saturated carbocycles. The molecule has 1 rings (SSSR count). The van der Waals surface area contributed by atoms with Crippen molar-refractivity contribution in [1.29, 1.82) is 0 Å². The molecule has 0 radical (unpaired) electrons. The maximum absolute atomic E-state index is 10.9. The fourth-order valence-corrected chi connectivity index (χ4v) is 0.875. The maximum Gasteiger partial charge on any atom is 0.239 e. The van der Waals surface area contributed by atoms with Crippen molar-refractivity contribution >= 4 is 11.7 Å². The summed E-state index contributed by atoms with van der Waals surface area (Å²) >= 11 is 0. The van der Waals surface area contributed by atoms with Crippen molar-refractivity contribution in [1.82, 2.24) is 5.43 Å². The fourth-order valence-electron chi connectivity index (χ4n) is 0.875. The molecule has 0 unspecified atom stereocenters. The van der Waals surface area contributed by atoms with Crippen molar-refractivity contribution in [2.75, 3.05) is 0 Å². The van der Waals surface area contributed by atoms with Crippen LogP contribution in [0.3, 0.4) is 0 Å². The first-order valence-electron chi connectivity index (χ1n) is 4.41. The molecule has 14 heavy (non-hydrogen) atoms. The Bertz CT molecular complexity index is 332. The zero-order valence-electron chi connectivity index (χ0n) is 8.03. The van der Waals surface area contributed by atoms with Crippen LogP contribution in [0.15, 0.2) is 35.4 Å². The summed E-state index contributed by atoms with van der Waals surface area (Å²) in [5.74, 6) is 0.163. The van der Waals surface area contributed by atoms with Gasteiger partial charge in [0.2, 0.25) is 5.91 Å². The number of nitrogens with zero attached hydrogens (tertiary/aromatic N) is 1. The van der Waals surface area contributed by atoms with Gasteiger partial charge in [-0.2, -0.15) is 5.10 Å². The second-order valence-electron chi connectivity index (χ2n) is 2.75. The molecule has 0 bridgehead atoms. The Morgan fingerprint density at radius 1 is 1.43 bits per heavy atom. The predicted octanol–water partition coefficient (Wildman–Crippen LogP) is 0.833. The summed E-state index contributed by atoms with van der Waals surface area (Å²) in [4.78, 5) is 10.9. The first-order chi connectivity index (χ1) is 6.74. The number of hydrazone groups is 1. The third-order valence-electron chi connectivity index (χ3n) is 1.69. The van der Waals surface area contributed by atoms with Crippen LogP contribution in [0, 0.1) is 0 Å². The lowest BCUT2D eigenvalue weighted by Gasteiger charge is -2.00. The van der Waals surface area contributed by atoms with Gasteiger partial charge < -0.3 is 5.73 Å². The molecule has 3 N–H and O–H groups in total. The van der Waals surface area contributed by atoms with Crippen LogP contribution in [-0.2, 0) is 4.79 Å². The van der Waals surface area contributed by atoms with Crippen molar-refractivity contribution in [3.05, 3.63) is 35.9 Å². The molecule has 0 aliphatic carbocycles. The molecular formula is C10H13N3O. The molecular weight excluding hydrogens is 178 g/mol. The SMILES string of the molecule is CCC(=O)NN=C(N)c1ccccc1.